The first-order chi connectivity index (χ1) is 18.5. The predicted octanol–water partition coefficient (Wildman–Crippen LogP) is 5.67. The first kappa shape index (κ1) is 23.9. The molecule has 0 spiro atoms. The number of hydrogen-bond acceptors (Lipinski definition) is 7. The minimum atomic E-state index is -0.871. The molecule has 0 radical (unpaired) electrons. The van der Waals surface area contributed by atoms with Crippen LogP contribution in [0.1, 0.15) is 35.2 Å². The number of Topliss-reactive ketones (excluding diaryl/α,β-unsaturated/α-hetero) is 1. The third kappa shape index (κ3) is 4.33. The van der Waals surface area contributed by atoms with Gasteiger partial charge in [0.2, 0.25) is 0 Å². The van der Waals surface area contributed by atoms with Crippen LogP contribution in [0.5, 0.6) is 11.5 Å². The summed E-state index contributed by atoms with van der Waals surface area (Å²) in [6.07, 6.45) is 2.32. The molecule has 2 aliphatic heterocycles. The van der Waals surface area contributed by atoms with E-state index in [9.17, 15) is 14.7 Å². The molecule has 1 saturated heterocycles. The lowest BCUT2D eigenvalue weighted by atomic mass is 9.94. The molecule has 1 aromatic heterocycles. The van der Waals surface area contributed by atoms with Gasteiger partial charge in [0, 0.05) is 23.6 Å². The fraction of sp³-hybridized carbons (Fsp3) is 0.167. The molecule has 6 rings (SSSR count). The molecule has 8 heteroatoms. The second kappa shape index (κ2) is 9.79. The maximum Gasteiger partial charge on any atom is 0.301 e. The van der Waals surface area contributed by atoms with E-state index in [0.29, 0.717) is 35.0 Å². The van der Waals surface area contributed by atoms with Crippen molar-refractivity contribution in [3.63, 3.8) is 0 Å². The molecule has 0 aliphatic carbocycles. The maximum atomic E-state index is 13.4. The predicted molar refractivity (Wildman–Crippen MR) is 144 cm³/mol. The molecule has 190 valence electrons. The number of rotatable bonds is 6. The molecule has 2 aliphatic rings. The number of hydrogen-bond donors (Lipinski definition) is 1. The smallest absolute Gasteiger partial charge is 0.301 e. The first-order valence-corrected chi connectivity index (χ1v) is 13.1. The Hall–Kier alpha value is -4.43. The van der Waals surface area contributed by atoms with E-state index < -0.39 is 17.7 Å². The molecule has 0 bridgehead atoms. The molecule has 38 heavy (non-hydrogen) atoms. The van der Waals surface area contributed by atoms with E-state index in [-0.39, 0.29) is 17.4 Å². The SMILES string of the molecule is C[C@H]1Cc2cc(/C(O)=C3\C(=O)C(=O)N(c4nccs4)[C@H]3c3cccc(OCc4ccccc4)c3)ccc2O1. The molecule has 1 fully saturated rings. The summed E-state index contributed by atoms with van der Waals surface area (Å²) in [4.78, 5) is 32.4. The first-order valence-electron chi connectivity index (χ1n) is 12.3. The lowest BCUT2D eigenvalue weighted by molar-refractivity contribution is -0.132. The van der Waals surface area contributed by atoms with Crippen molar-refractivity contribution >= 4 is 33.9 Å². The zero-order valence-corrected chi connectivity index (χ0v) is 21.4. The summed E-state index contributed by atoms with van der Waals surface area (Å²) in [5.74, 6) is -0.383. The average Bonchev–Trinajstić information content (AvgIpc) is 3.65. The van der Waals surface area contributed by atoms with E-state index in [2.05, 4.69) is 4.98 Å². The highest BCUT2D eigenvalue weighted by Crippen LogP contribution is 2.44. The van der Waals surface area contributed by atoms with Crippen molar-refractivity contribution in [1.82, 2.24) is 4.98 Å². The number of aliphatic hydroxyl groups is 1. The van der Waals surface area contributed by atoms with Crippen molar-refractivity contribution in [2.75, 3.05) is 4.90 Å². The van der Waals surface area contributed by atoms with Crippen molar-refractivity contribution in [2.45, 2.75) is 32.1 Å². The van der Waals surface area contributed by atoms with Crippen LogP contribution in [0.4, 0.5) is 5.13 Å². The minimum Gasteiger partial charge on any atom is -0.507 e. The highest BCUT2D eigenvalue weighted by Gasteiger charge is 2.48. The quantitative estimate of drug-likeness (QED) is 0.199. The zero-order valence-electron chi connectivity index (χ0n) is 20.5. The topological polar surface area (TPSA) is 89.0 Å². The molecule has 0 unspecified atom stereocenters. The molecule has 2 atom stereocenters. The molecule has 3 aromatic carbocycles. The summed E-state index contributed by atoms with van der Waals surface area (Å²) < 4.78 is 11.8. The van der Waals surface area contributed by atoms with Gasteiger partial charge < -0.3 is 14.6 Å². The van der Waals surface area contributed by atoms with Crippen molar-refractivity contribution < 1.29 is 24.2 Å². The van der Waals surface area contributed by atoms with Crippen LogP contribution in [-0.4, -0.2) is 27.9 Å². The summed E-state index contributed by atoms with van der Waals surface area (Å²) in [6.45, 7) is 2.35. The number of nitrogens with zero attached hydrogens (tertiary/aromatic N) is 2. The Labute approximate surface area is 223 Å². The number of amides is 1. The molecule has 0 saturated carbocycles. The van der Waals surface area contributed by atoms with Crippen LogP contribution < -0.4 is 14.4 Å². The van der Waals surface area contributed by atoms with E-state index in [4.69, 9.17) is 9.47 Å². The van der Waals surface area contributed by atoms with Gasteiger partial charge in [-0.1, -0.05) is 42.5 Å². The third-order valence-electron chi connectivity index (χ3n) is 6.66. The normalized spacial score (nSPS) is 19.9. The summed E-state index contributed by atoms with van der Waals surface area (Å²) in [7, 11) is 0. The van der Waals surface area contributed by atoms with Gasteiger partial charge in [0.15, 0.2) is 5.13 Å². The fourth-order valence-corrected chi connectivity index (χ4v) is 5.59. The molecule has 4 aromatic rings. The molecular weight excluding hydrogens is 500 g/mol. The van der Waals surface area contributed by atoms with Crippen LogP contribution in [0.3, 0.4) is 0 Å². The molecule has 1 N–H and O–H groups in total. The Bertz CT molecular complexity index is 1550. The van der Waals surface area contributed by atoms with Gasteiger partial charge in [-0.2, -0.15) is 0 Å². The van der Waals surface area contributed by atoms with Gasteiger partial charge in [-0.25, -0.2) is 4.98 Å². The second-order valence-electron chi connectivity index (χ2n) is 9.29. The Morgan fingerprint density at radius 3 is 2.74 bits per heavy atom. The lowest BCUT2D eigenvalue weighted by Crippen LogP contribution is -2.29. The molecule has 1 amide bonds. The Morgan fingerprint density at radius 1 is 1.11 bits per heavy atom. The van der Waals surface area contributed by atoms with Crippen molar-refractivity contribution in [2.24, 2.45) is 0 Å². The number of aliphatic hydroxyl groups excluding tert-OH is 1. The average molecular weight is 525 g/mol. The summed E-state index contributed by atoms with van der Waals surface area (Å²) in [5.41, 5.74) is 3.06. The number of fused-ring (bicyclic) bond motifs is 1. The van der Waals surface area contributed by atoms with Gasteiger partial charge in [0.05, 0.1) is 11.6 Å². The Morgan fingerprint density at radius 2 is 1.95 bits per heavy atom. The zero-order chi connectivity index (χ0) is 26.2. The Balaban J connectivity index is 1.42. The van der Waals surface area contributed by atoms with Gasteiger partial charge in [-0.05, 0) is 53.9 Å². The number of thiazole rings is 1. The number of ketones is 1. The summed E-state index contributed by atoms with van der Waals surface area (Å²) in [6, 6.07) is 21.5. The summed E-state index contributed by atoms with van der Waals surface area (Å²) >= 11 is 1.25. The van der Waals surface area contributed by atoms with Crippen LogP contribution >= 0.6 is 11.3 Å². The van der Waals surface area contributed by atoms with E-state index >= 15 is 0 Å². The van der Waals surface area contributed by atoms with Crippen LogP contribution in [0.15, 0.2) is 89.9 Å². The number of carbonyl (C=O) groups is 2. The van der Waals surface area contributed by atoms with Gasteiger partial charge in [0.1, 0.15) is 30.0 Å². The summed E-state index contributed by atoms with van der Waals surface area (Å²) in [5, 5.41) is 13.6. The van der Waals surface area contributed by atoms with Crippen LogP contribution in [-0.2, 0) is 22.6 Å². The van der Waals surface area contributed by atoms with Gasteiger partial charge >= 0.3 is 5.91 Å². The van der Waals surface area contributed by atoms with Gasteiger partial charge in [-0.15, -0.1) is 11.3 Å². The lowest BCUT2D eigenvalue weighted by Gasteiger charge is -2.23. The second-order valence-corrected chi connectivity index (χ2v) is 10.2. The fourth-order valence-electron chi connectivity index (χ4n) is 4.92. The minimum absolute atomic E-state index is 0.0114. The highest BCUT2D eigenvalue weighted by atomic mass is 32.1. The molecule has 7 nitrogen and oxygen atoms in total. The standard InChI is InChI=1S/C30H24N2O5S/c1-18-14-22-15-21(10-11-24(22)37-18)27(33)25-26(32(29(35)28(25)34)30-31-12-13-38-30)20-8-5-9-23(16-20)36-17-19-6-3-2-4-7-19/h2-13,15-16,18,26,33H,14,17H2,1H3/b27-25+/t18-,26-/m0/s1. The van der Waals surface area contributed by atoms with Gasteiger partial charge in [0.25, 0.3) is 5.78 Å². The number of ether oxygens (including phenoxy) is 2. The van der Waals surface area contributed by atoms with Gasteiger partial charge in [-0.3, -0.25) is 14.5 Å². The molecule has 3 heterocycles. The Kier molecular flexibility index (Phi) is 6.17. The number of carbonyl (C=O) groups excluding carboxylic acids is 2. The number of benzene rings is 3. The van der Waals surface area contributed by atoms with Crippen molar-refractivity contribution in [3.8, 4) is 11.5 Å². The van der Waals surface area contributed by atoms with Crippen molar-refractivity contribution in [3.05, 3.63) is 112 Å². The highest BCUT2D eigenvalue weighted by molar-refractivity contribution is 7.14. The van der Waals surface area contributed by atoms with Crippen LogP contribution in [0.25, 0.3) is 5.76 Å². The van der Waals surface area contributed by atoms with Crippen LogP contribution in [0, 0.1) is 0 Å². The largest absolute Gasteiger partial charge is 0.507 e. The van der Waals surface area contributed by atoms with Crippen LogP contribution in [0.2, 0.25) is 0 Å². The monoisotopic (exact) mass is 524 g/mol. The third-order valence-corrected chi connectivity index (χ3v) is 7.43. The molecular formula is C30H24N2O5S. The van der Waals surface area contributed by atoms with E-state index in [1.165, 1.54) is 16.2 Å². The van der Waals surface area contributed by atoms with Crippen molar-refractivity contribution in [1.29, 1.82) is 0 Å². The van der Waals surface area contributed by atoms with E-state index in [1.54, 1.807) is 29.8 Å². The number of aromatic nitrogens is 1. The maximum absolute atomic E-state index is 13.4. The van der Waals surface area contributed by atoms with E-state index in [1.807, 2.05) is 61.5 Å². The number of anilines is 1. The van der Waals surface area contributed by atoms with E-state index in [0.717, 1.165) is 16.9 Å².